The van der Waals surface area contributed by atoms with Gasteiger partial charge >= 0.3 is 18.2 Å². The van der Waals surface area contributed by atoms with E-state index in [1.807, 2.05) is 19.0 Å². The summed E-state index contributed by atoms with van der Waals surface area (Å²) in [7, 11) is 8.19. The number of carbonyl (C=O) groups is 10. The van der Waals surface area contributed by atoms with Crippen molar-refractivity contribution in [2.24, 2.45) is 0 Å². The fourth-order valence-corrected chi connectivity index (χ4v) is 5.45. The number of ketones is 1. The molecule has 1 N–H and O–H groups in total. The molecule has 328 valence electrons. The van der Waals surface area contributed by atoms with E-state index in [1.165, 1.54) is 23.9 Å². The van der Waals surface area contributed by atoms with Crippen molar-refractivity contribution in [1.82, 2.24) is 34.9 Å². The van der Waals surface area contributed by atoms with E-state index < -0.39 is 72.7 Å². The third kappa shape index (κ3) is 15.9. The maximum absolute atomic E-state index is 13.3. The first-order chi connectivity index (χ1) is 28.5. The molecule has 1 saturated heterocycles. The summed E-state index contributed by atoms with van der Waals surface area (Å²) in [6.07, 6.45) is 0.609. The van der Waals surface area contributed by atoms with Crippen LogP contribution in [0.2, 0.25) is 0 Å². The van der Waals surface area contributed by atoms with Gasteiger partial charge in [0.2, 0.25) is 11.8 Å². The Morgan fingerprint density at radius 1 is 0.783 bits per heavy atom. The fourth-order valence-electron chi connectivity index (χ4n) is 5.45. The monoisotopic (exact) mass is 843 g/mol. The standard InChI is InChI=1S/C39H53N7O14/c1-41(2)21-22-43(4)39(56)59-29-11-9-27(10-12-29)25-58-38(55)42(3)19-7-18-40-37(54)30(24-36(53)60-46-33(50)15-16-34(46)51)44(5)35(52)26-57-23-6-8-28(47)17-20-45-31(48)13-14-32(45)49/h9-14,30H,6-8,15-26H2,1-5H3,(H,40,54)/t30-/m0/s1. The molecule has 1 aromatic rings. The van der Waals surface area contributed by atoms with Crippen molar-refractivity contribution in [2.45, 2.75) is 57.6 Å². The van der Waals surface area contributed by atoms with Gasteiger partial charge in [0.05, 0.1) is 6.42 Å². The van der Waals surface area contributed by atoms with E-state index in [1.54, 1.807) is 31.3 Å². The smallest absolute Gasteiger partial charge is 0.415 e. The second kappa shape index (κ2) is 24.0. The van der Waals surface area contributed by atoms with Gasteiger partial charge in [-0.1, -0.05) is 12.1 Å². The molecule has 0 aromatic heterocycles. The van der Waals surface area contributed by atoms with Gasteiger partial charge in [-0.05, 0) is 44.6 Å². The van der Waals surface area contributed by atoms with E-state index in [2.05, 4.69) is 5.32 Å². The summed E-state index contributed by atoms with van der Waals surface area (Å²) < 4.78 is 16.1. The van der Waals surface area contributed by atoms with E-state index in [9.17, 15) is 47.9 Å². The zero-order valence-electron chi connectivity index (χ0n) is 34.5. The summed E-state index contributed by atoms with van der Waals surface area (Å²) in [5.74, 6) is -4.90. The van der Waals surface area contributed by atoms with Gasteiger partial charge < -0.3 is 44.0 Å². The quantitative estimate of drug-likeness (QED) is 0.109. The summed E-state index contributed by atoms with van der Waals surface area (Å²) in [5, 5.41) is 2.95. The predicted octanol–water partition coefficient (Wildman–Crippen LogP) is 0.259. The number of benzene rings is 1. The van der Waals surface area contributed by atoms with E-state index >= 15 is 0 Å². The number of nitrogens with one attached hydrogen (secondary N) is 1. The van der Waals surface area contributed by atoms with Gasteiger partial charge in [-0.3, -0.25) is 38.5 Å². The number of Topliss-reactive ketones (excluding diaryl/α,β-unsaturated/α-hetero) is 1. The van der Waals surface area contributed by atoms with Crippen LogP contribution in [0.15, 0.2) is 36.4 Å². The SMILES string of the molecule is CN(C)CCN(C)C(=O)Oc1ccc(COC(=O)N(C)CCCNC(=O)[C@H](CC(=O)ON2C(=O)CCC2=O)N(C)C(=O)COCCCC(=O)CCN2C(=O)C=CC2=O)cc1. The van der Waals surface area contributed by atoms with E-state index in [-0.39, 0.29) is 77.2 Å². The summed E-state index contributed by atoms with van der Waals surface area (Å²) in [5.41, 5.74) is 0.646. The van der Waals surface area contributed by atoms with Gasteiger partial charge in [0.25, 0.3) is 23.6 Å². The Labute approximate surface area is 347 Å². The number of hydroxylamine groups is 2. The molecule has 0 aliphatic carbocycles. The van der Waals surface area contributed by atoms with Crippen LogP contribution in [0.4, 0.5) is 9.59 Å². The first-order valence-corrected chi connectivity index (χ1v) is 19.2. The minimum absolute atomic E-state index is 0.0123. The van der Waals surface area contributed by atoms with E-state index in [0.29, 0.717) is 29.5 Å². The first-order valence-electron chi connectivity index (χ1n) is 19.2. The topological polar surface area (TPSA) is 239 Å². The minimum atomic E-state index is -1.45. The molecule has 0 unspecified atom stereocenters. The number of hydrogen-bond acceptors (Lipinski definition) is 15. The van der Waals surface area contributed by atoms with Gasteiger partial charge in [0, 0.05) is 98.3 Å². The molecule has 2 aliphatic heterocycles. The molecule has 60 heavy (non-hydrogen) atoms. The van der Waals surface area contributed by atoms with E-state index in [4.69, 9.17) is 19.0 Å². The summed E-state index contributed by atoms with van der Waals surface area (Å²) in [6, 6.07) is 5.03. The highest BCUT2D eigenvalue weighted by Crippen LogP contribution is 2.16. The van der Waals surface area contributed by atoms with E-state index in [0.717, 1.165) is 22.0 Å². The average molecular weight is 844 g/mol. The molecule has 0 radical (unpaired) electrons. The molecule has 1 aromatic carbocycles. The number of amides is 8. The molecular formula is C39H53N7O14. The number of hydrogen-bond donors (Lipinski definition) is 1. The fraction of sp³-hybridized carbons (Fsp3) is 0.538. The molecule has 8 amide bonds. The minimum Gasteiger partial charge on any atom is -0.445 e. The average Bonchev–Trinajstić information content (AvgIpc) is 3.71. The molecule has 1 fully saturated rings. The zero-order valence-corrected chi connectivity index (χ0v) is 34.5. The van der Waals surface area contributed by atoms with Gasteiger partial charge in [0.1, 0.15) is 30.8 Å². The Morgan fingerprint density at radius 2 is 1.42 bits per heavy atom. The zero-order chi connectivity index (χ0) is 44.4. The van der Waals surface area contributed by atoms with Gasteiger partial charge in [0.15, 0.2) is 0 Å². The van der Waals surface area contributed by atoms with Crippen LogP contribution in [0.1, 0.15) is 50.5 Å². The number of imide groups is 2. The van der Waals surface area contributed by atoms with Crippen LogP contribution >= 0.6 is 0 Å². The molecule has 21 nitrogen and oxygen atoms in total. The highest BCUT2D eigenvalue weighted by molar-refractivity contribution is 6.13. The summed E-state index contributed by atoms with van der Waals surface area (Å²) >= 11 is 0. The van der Waals surface area contributed by atoms with Crippen LogP contribution in [0.3, 0.4) is 0 Å². The van der Waals surface area contributed by atoms with Crippen LogP contribution in [0.5, 0.6) is 5.75 Å². The molecule has 0 saturated carbocycles. The number of nitrogens with zero attached hydrogens (tertiary/aromatic N) is 6. The summed E-state index contributed by atoms with van der Waals surface area (Å²) in [6.45, 7) is 0.695. The van der Waals surface area contributed by atoms with Gasteiger partial charge in [-0.15, -0.1) is 5.06 Å². The number of rotatable bonds is 24. The highest BCUT2D eigenvalue weighted by Gasteiger charge is 2.36. The van der Waals surface area contributed by atoms with Gasteiger partial charge in [-0.25, -0.2) is 14.4 Å². The van der Waals surface area contributed by atoms with Crippen molar-refractivity contribution in [1.29, 1.82) is 0 Å². The van der Waals surface area contributed by atoms with Gasteiger partial charge in [-0.2, -0.15) is 0 Å². The van der Waals surface area contributed by atoms with Crippen molar-refractivity contribution in [2.75, 3.05) is 81.2 Å². The number of carbonyl (C=O) groups excluding carboxylic acids is 10. The number of likely N-dealkylation sites (N-methyl/N-ethyl adjacent to an activating group) is 3. The van der Waals surface area contributed by atoms with Crippen molar-refractivity contribution < 1.29 is 67.0 Å². The second-order valence-corrected chi connectivity index (χ2v) is 14.2. The van der Waals surface area contributed by atoms with Crippen molar-refractivity contribution >= 4 is 59.4 Å². The Kier molecular flexibility index (Phi) is 19.3. The van der Waals surface area contributed by atoms with Crippen LogP contribution in [-0.4, -0.2) is 176 Å². The molecule has 0 bridgehead atoms. The highest BCUT2D eigenvalue weighted by atomic mass is 16.7. The molecular weight excluding hydrogens is 790 g/mol. The molecule has 3 rings (SSSR count). The molecule has 2 aliphatic rings. The lowest BCUT2D eigenvalue weighted by Crippen LogP contribution is -2.50. The van der Waals surface area contributed by atoms with Crippen LogP contribution < -0.4 is 10.1 Å². The molecule has 1 atom stereocenters. The van der Waals surface area contributed by atoms with Crippen molar-refractivity contribution in [3.63, 3.8) is 0 Å². The number of ether oxygens (including phenoxy) is 3. The second-order valence-electron chi connectivity index (χ2n) is 14.2. The van der Waals surface area contributed by atoms with Crippen molar-refractivity contribution in [3.05, 3.63) is 42.0 Å². The van der Waals surface area contributed by atoms with Crippen LogP contribution in [0.25, 0.3) is 0 Å². The van der Waals surface area contributed by atoms with Crippen molar-refractivity contribution in [3.8, 4) is 5.75 Å². The summed E-state index contributed by atoms with van der Waals surface area (Å²) in [4.78, 5) is 135. The van der Waals surface area contributed by atoms with Crippen LogP contribution in [-0.2, 0) is 59.3 Å². The largest absolute Gasteiger partial charge is 0.445 e. The Morgan fingerprint density at radius 3 is 2.05 bits per heavy atom. The third-order valence-corrected chi connectivity index (χ3v) is 9.17. The molecule has 0 spiro atoms. The Balaban J connectivity index is 1.43. The lowest BCUT2D eigenvalue weighted by atomic mass is 10.1. The lowest BCUT2D eigenvalue weighted by Gasteiger charge is -2.27. The molecule has 21 heteroatoms. The molecule has 2 heterocycles. The Hall–Kier alpha value is -6.22. The predicted molar refractivity (Wildman–Crippen MR) is 208 cm³/mol. The first kappa shape index (κ1) is 48.2. The third-order valence-electron chi connectivity index (χ3n) is 9.17. The maximum atomic E-state index is 13.3. The maximum Gasteiger partial charge on any atom is 0.415 e. The Bertz CT molecular complexity index is 1750. The normalized spacial score (nSPS) is 14.0. The van der Waals surface area contributed by atoms with Crippen LogP contribution in [0, 0.1) is 0 Å². The lowest BCUT2D eigenvalue weighted by molar-refractivity contribution is -0.198.